The van der Waals surface area contributed by atoms with E-state index in [1.54, 1.807) is 6.20 Å². The van der Waals surface area contributed by atoms with Crippen LogP contribution in [0.1, 0.15) is 24.1 Å². The summed E-state index contributed by atoms with van der Waals surface area (Å²) in [6, 6.07) is 10.4. The molecule has 0 amide bonds. The summed E-state index contributed by atoms with van der Waals surface area (Å²) in [5.74, 6) is 0. The molecule has 1 heterocycles. The van der Waals surface area contributed by atoms with Gasteiger partial charge in [0.15, 0.2) is 0 Å². The van der Waals surface area contributed by atoms with Gasteiger partial charge in [0.1, 0.15) is 0 Å². The number of nitrogens with zero attached hydrogens (tertiary/aromatic N) is 1. The number of aliphatic hydroxyl groups excluding tert-OH is 1. The van der Waals surface area contributed by atoms with Crippen molar-refractivity contribution in [3.63, 3.8) is 0 Å². The molecule has 18 heavy (non-hydrogen) atoms. The summed E-state index contributed by atoms with van der Waals surface area (Å²) in [5, 5.41) is 19.6. The van der Waals surface area contributed by atoms with Crippen LogP contribution in [0, 0.1) is 0 Å². The van der Waals surface area contributed by atoms with Crippen LogP contribution in [-0.2, 0) is 6.42 Å². The maximum absolute atomic E-state index is 9.45. The molecular formula is C14H19N3O. The highest BCUT2D eigenvalue weighted by Gasteiger charge is 2.13. The third-order valence-electron chi connectivity index (χ3n) is 3.05. The van der Waals surface area contributed by atoms with Crippen LogP contribution in [-0.4, -0.2) is 28.0 Å². The molecule has 0 bridgehead atoms. The van der Waals surface area contributed by atoms with Crippen LogP contribution < -0.4 is 5.32 Å². The first-order valence-electron chi connectivity index (χ1n) is 6.19. The average Bonchev–Trinajstić information content (AvgIpc) is 2.93. The van der Waals surface area contributed by atoms with Crippen LogP contribution in [0.25, 0.3) is 0 Å². The van der Waals surface area contributed by atoms with Gasteiger partial charge >= 0.3 is 0 Å². The highest BCUT2D eigenvalue weighted by atomic mass is 16.3. The van der Waals surface area contributed by atoms with Gasteiger partial charge in [-0.25, -0.2) is 0 Å². The van der Waals surface area contributed by atoms with Crippen molar-refractivity contribution in [2.45, 2.75) is 25.4 Å². The van der Waals surface area contributed by atoms with Crippen molar-refractivity contribution in [1.82, 2.24) is 15.5 Å². The van der Waals surface area contributed by atoms with Gasteiger partial charge in [0.05, 0.1) is 12.8 Å². The Kier molecular flexibility index (Phi) is 4.50. The van der Waals surface area contributed by atoms with E-state index in [2.05, 4.69) is 34.6 Å². The molecule has 2 aromatic rings. The van der Waals surface area contributed by atoms with Crippen molar-refractivity contribution < 1.29 is 5.11 Å². The van der Waals surface area contributed by atoms with Crippen molar-refractivity contribution >= 4 is 0 Å². The van der Waals surface area contributed by atoms with Gasteiger partial charge in [-0.1, -0.05) is 30.3 Å². The normalized spacial score (nSPS) is 14.3. The summed E-state index contributed by atoms with van der Waals surface area (Å²) in [5.41, 5.74) is 2.32. The van der Waals surface area contributed by atoms with Gasteiger partial charge in [0.25, 0.3) is 0 Å². The Hall–Kier alpha value is -1.65. The molecule has 4 nitrogen and oxygen atoms in total. The van der Waals surface area contributed by atoms with Crippen LogP contribution in [0.4, 0.5) is 0 Å². The van der Waals surface area contributed by atoms with Gasteiger partial charge in [-0.3, -0.25) is 5.10 Å². The lowest BCUT2D eigenvalue weighted by atomic mass is 10.0. The summed E-state index contributed by atoms with van der Waals surface area (Å²) in [7, 11) is 0. The Morgan fingerprint density at radius 2 is 2.11 bits per heavy atom. The monoisotopic (exact) mass is 245 g/mol. The van der Waals surface area contributed by atoms with Crippen molar-refractivity contribution in [3.8, 4) is 0 Å². The van der Waals surface area contributed by atoms with E-state index >= 15 is 0 Å². The predicted octanol–water partition coefficient (Wildman–Crippen LogP) is 1.66. The topological polar surface area (TPSA) is 60.9 Å². The Morgan fingerprint density at radius 1 is 1.33 bits per heavy atom. The second-order valence-corrected chi connectivity index (χ2v) is 4.49. The third kappa shape index (κ3) is 3.42. The quantitative estimate of drug-likeness (QED) is 0.725. The minimum Gasteiger partial charge on any atom is -0.395 e. The van der Waals surface area contributed by atoms with Gasteiger partial charge in [-0.2, -0.15) is 5.10 Å². The number of aliphatic hydroxyl groups is 1. The lowest BCUT2D eigenvalue weighted by molar-refractivity contribution is 0.232. The van der Waals surface area contributed by atoms with Crippen LogP contribution in [0.2, 0.25) is 0 Å². The zero-order chi connectivity index (χ0) is 12.8. The summed E-state index contributed by atoms with van der Waals surface area (Å²) in [6.45, 7) is 2.19. The van der Waals surface area contributed by atoms with E-state index in [-0.39, 0.29) is 18.7 Å². The van der Waals surface area contributed by atoms with Crippen molar-refractivity contribution in [3.05, 3.63) is 53.9 Å². The minimum atomic E-state index is 0.0531. The van der Waals surface area contributed by atoms with E-state index in [0.29, 0.717) is 0 Å². The van der Waals surface area contributed by atoms with E-state index in [4.69, 9.17) is 0 Å². The zero-order valence-corrected chi connectivity index (χ0v) is 10.5. The number of nitrogens with one attached hydrogen (secondary N) is 2. The maximum Gasteiger partial charge on any atom is 0.0588 e. The fourth-order valence-electron chi connectivity index (χ4n) is 2.02. The lowest BCUT2D eigenvalue weighted by Crippen LogP contribution is -2.36. The summed E-state index contributed by atoms with van der Waals surface area (Å²) < 4.78 is 0. The number of benzene rings is 1. The summed E-state index contributed by atoms with van der Waals surface area (Å²) in [4.78, 5) is 0. The van der Waals surface area contributed by atoms with E-state index in [9.17, 15) is 5.11 Å². The van der Waals surface area contributed by atoms with Crippen LogP contribution >= 0.6 is 0 Å². The highest BCUT2D eigenvalue weighted by Crippen LogP contribution is 2.12. The molecule has 4 heteroatoms. The molecule has 2 atom stereocenters. The molecule has 0 spiro atoms. The fourth-order valence-corrected chi connectivity index (χ4v) is 2.02. The lowest BCUT2D eigenvalue weighted by Gasteiger charge is -2.21. The second kappa shape index (κ2) is 6.33. The van der Waals surface area contributed by atoms with E-state index in [0.717, 1.165) is 12.0 Å². The Morgan fingerprint density at radius 3 is 2.72 bits per heavy atom. The molecule has 0 aliphatic carbocycles. The molecule has 1 aromatic heterocycles. The number of aromatic nitrogens is 2. The summed E-state index contributed by atoms with van der Waals surface area (Å²) >= 11 is 0. The van der Waals surface area contributed by atoms with Gasteiger partial charge in [-0.05, 0) is 18.9 Å². The Labute approximate surface area is 107 Å². The molecule has 3 N–H and O–H groups in total. The fraction of sp³-hybridized carbons (Fsp3) is 0.357. The van der Waals surface area contributed by atoms with Crippen molar-refractivity contribution in [2.24, 2.45) is 0 Å². The molecule has 0 fully saturated rings. The zero-order valence-electron chi connectivity index (χ0n) is 10.5. The maximum atomic E-state index is 9.45. The molecule has 1 unspecified atom stereocenters. The molecule has 1 aromatic carbocycles. The number of hydrogen-bond donors (Lipinski definition) is 3. The molecule has 0 aliphatic rings. The van der Waals surface area contributed by atoms with Crippen LogP contribution in [0.5, 0.6) is 0 Å². The average molecular weight is 245 g/mol. The molecule has 0 radical (unpaired) electrons. The second-order valence-electron chi connectivity index (χ2n) is 4.49. The predicted molar refractivity (Wildman–Crippen MR) is 71.2 cm³/mol. The molecule has 0 saturated heterocycles. The van der Waals surface area contributed by atoms with E-state index < -0.39 is 0 Å². The molecule has 0 saturated carbocycles. The standard InChI is InChI=1S/C14H19N3O/c1-11(13-8-15-16-9-13)17-14(10-18)7-12-5-3-2-4-6-12/h2-6,8-9,11,14,17-18H,7,10H2,1H3,(H,15,16)/t11?,14-/m0/s1. The highest BCUT2D eigenvalue weighted by molar-refractivity contribution is 5.16. The van der Waals surface area contributed by atoms with Crippen molar-refractivity contribution in [1.29, 1.82) is 0 Å². The molecule has 96 valence electrons. The summed E-state index contributed by atoms with van der Waals surface area (Å²) in [6.07, 6.45) is 4.49. The van der Waals surface area contributed by atoms with Gasteiger partial charge in [-0.15, -0.1) is 0 Å². The minimum absolute atomic E-state index is 0.0531. The molecule has 2 rings (SSSR count). The molecular weight excluding hydrogens is 226 g/mol. The number of aromatic amines is 1. The molecule has 0 aliphatic heterocycles. The van der Waals surface area contributed by atoms with E-state index in [1.165, 1.54) is 5.56 Å². The van der Waals surface area contributed by atoms with E-state index in [1.807, 2.05) is 24.4 Å². The van der Waals surface area contributed by atoms with Crippen molar-refractivity contribution in [2.75, 3.05) is 6.61 Å². The van der Waals surface area contributed by atoms with Crippen LogP contribution in [0.3, 0.4) is 0 Å². The SMILES string of the molecule is CC(N[C@H](CO)Cc1ccccc1)c1cn[nH]c1. The largest absolute Gasteiger partial charge is 0.395 e. The first-order chi connectivity index (χ1) is 8.79. The van der Waals surface area contributed by atoms with Gasteiger partial charge in [0.2, 0.25) is 0 Å². The van der Waals surface area contributed by atoms with Gasteiger partial charge < -0.3 is 10.4 Å². The first kappa shape index (κ1) is 12.8. The van der Waals surface area contributed by atoms with Gasteiger partial charge in [0, 0.05) is 23.8 Å². The third-order valence-corrected chi connectivity index (χ3v) is 3.05. The first-order valence-corrected chi connectivity index (χ1v) is 6.19. The Balaban J connectivity index is 1.93. The number of rotatable bonds is 6. The number of hydrogen-bond acceptors (Lipinski definition) is 3. The number of H-pyrrole nitrogens is 1. The van der Waals surface area contributed by atoms with Crippen LogP contribution in [0.15, 0.2) is 42.7 Å². The Bertz CT molecular complexity index is 441. The smallest absolute Gasteiger partial charge is 0.0588 e.